The van der Waals surface area contributed by atoms with Crippen LogP contribution < -0.4 is 5.32 Å². The lowest BCUT2D eigenvalue weighted by Gasteiger charge is -2.32. The summed E-state index contributed by atoms with van der Waals surface area (Å²) in [5.41, 5.74) is 1.09. The van der Waals surface area contributed by atoms with Crippen molar-refractivity contribution in [3.8, 4) is 0 Å². The molecule has 0 bridgehead atoms. The Hall–Kier alpha value is -2.37. The van der Waals surface area contributed by atoms with Crippen molar-refractivity contribution in [2.24, 2.45) is 11.8 Å². The van der Waals surface area contributed by atoms with Gasteiger partial charge >= 0.3 is 5.97 Å². The summed E-state index contributed by atoms with van der Waals surface area (Å²) in [6.45, 7) is 5.40. The van der Waals surface area contributed by atoms with Gasteiger partial charge in [0, 0.05) is 31.5 Å². The second-order valence-corrected chi connectivity index (χ2v) is 6.47. The molecule has 0 unspecified atom stereocenters. The Morgan fingerprint density at radius 2 is 1.75 bits per heavy atom. The van der Waals surface area contributed by atoms with Crippen LogP contribution in [0.5, 0.6) is 0 Å². The molecule has 1 heterocycles. The van der Waals surface area contributed by atoms with E-state index in [-0.39, 0.29) is 29.2 Å². The summed E-state index contributed by atoms with van der Waals surface area (Å²) in [6, 6.07) is 6.46. The highest BCUT2D eigenvalue weighted by molar-refractivity contribution is 5.87. The third-order valence-electron chi connectivity index (χ3n) is 4.34. The summed E-state index contributed by atoms with van der Waals surface area (Å²) in [4.78, 5) is 36.8. The zero-order chi connectivity index (χ0) is 17.7. The zero-order valence-corrected chi connectivity index (χ0v) is 14.1. The molecule has 6 heteroatoms. The van der Waals surface area contributed by atoms with E-state index in [0.29, 0.717) is 32.5 Å². The molecule has 1 aromatic rings. The summed E-state index contributed by atoms with van der Waals surface area (Å²) in [7, 11) is 0. The van der Waals surface area contributed by atoms with Gasteiger partial charge in [-0.25, -0.2) is 4.79 Å². The molecule has 2 rings (SSSR count). The SMILES string of the molecule is CC(C)C(=O)N1CCC(C(=O)NCc2ccc(C(=O)O)cc2)CC1. The van der Waals surface area contributed by atoms with Gasteiger partial charge in [-0.05, 0) is 30.5 Å². The van der Waals surface area contributed by atoms with E-state index in [2.05, 4.69) is 5.32 Å². The normalized spacial score (nSPS) is 15.4. The molecular weight excluding hydrogens is 308 g/mol. The summed E-state index contributed by atoms with van der Waals surface area (Å²) >= 11 is 0. The molecule has 130 valence electrons. The van der Waals surface area contributed by atoms with Crippen LogP contribution in [0.15, 0.2) is 24.3 Å². The Morgan fingerprint density at radius 3 is 2.25 bits per heavy atom. The van der Waals surface area contributed by atoms with Crippen molar-refractivity contribution in [3.63, 3.8) is 0 Å². The monoisotopic (exact) mass is 332 g/mol. The molecule has 1 fully saturated rings. The summed E-state index contributed by atoms with van der Waals surface area (Å²) in [5.74, 6) is -0.904. The minimum atomic E-state index is -0.965. The number of nitrogens with one attached hydrogen (secondary N) is 1. The van der Waals surface area contributed by atoms with Crippen LogP contribution in [-0.2, 0) is 16.1 Å². The lowest BCUT2D eigenvalue weighted by atomic mass is 9.95. The predicted octanol–water partition coefficient (Wildman–Crippen LogP) is 1.90. The van der Waals surface area contributed by atoms with Crippen LogP contribution >= 0.6 is 0 Å². The van der Waals surface area contributed by atoms with Gasteiger partial charge in [-0.2, -0.15) is 0 Å². The first-order valence-corrected chi connectivity index (χ1v) is 8.27. The topological polar surface area (TPSA) is 86.7 Å². The van der Waals surface area contributed by atoms with Crippen LogP contribution in [-0.4, -0.2) is 40.9 Å². The van der Waals surface area contributed by atoms with E-state index >= 15 is 0 Å². The van der Waals surface area contributed by atoms with E-state index in [0.717, 1.165) is 5.56 Å². The number of hydrogen-bond donors (Lipinski definition) is 2. The molecule has 2 N–H and O–H groups in total. The lowest BCUT2D eigenvalue weighted by molar-refractivity contribution is -0.138. The minimum absolute atomic E-state index is 0.00560. The van der Waals surface area contributed by atoms with Crippen molar-refractivity contribution in [2.45, 2.75) is 33.2 Å². The van der Waals surface area contributed by atoms with E-state index in [9.17, 15) is 14.4 Å². The second-order valence-electron chi connectivity index (χ2n) is 6.47. The number of hydrogen-bond acceptors (Lipinski definition) is 3. The maximum Gasteiger partial charge on any atom is 0.335 e. The zero-order valence-electron chi connectivity index (χ0n) is 14.1. The molecule has 1 aromatic carbocycles. The molecule has 1 saturated heterocycles. The molecule has 0 aromatic heterocycles. The number of rotatable bonds is 5. The number of piperidine rings is 1. The Morgan fingerprint density at radius 1 is 1.17 bits per heavy atom. The van der Waals surface area contributed by atoms with Gasteiger partial charge in [0.2, 0.25) is 11.8 Å². The molecular formula is C18H24N2O4. The quantitative estimate of drug-likeness (QED) is 0.862. The average Bonchev–Trinajstić information content (AvgIpc) is 2.59. The van der Waals surface area contributed by atoms with Crippen molar-refractivity contribution < 1.29 is 19.5 Å². The first-order chi connectivity index (χ1) is 11.4. The van der Waals surface area contributed by atoms with Crippen molar-refractivity contribution >= 4 is 17.8 Å². The highest BCUT2D eigenvalue weighted by Crippen LogP contribution is 2.19. The molecule has 0 aliphatic carbocycles. The number of carbonyl (C=O) groups excluding carboxylic acids is 2. The minimum Gasteiger partial charge on any atom is -0.478 e. The summed E-state index contributed by atoms with van der Waals surface area (Å²) in [6.07, 6.45) is 1.37. The molecule has 0 atom stereocenters. The highest BCUT2D eigenvalue weighted by atomic mass is 16.4. The Labute approximate surface area is 141 Å². The average molecular weight is 332 g/mol. The van der Waals surface area contributed by atoms with Gasteiger partial charge in [-0.3, -0.25) is 9.59 Å². The van der Waals surface area contributed by atoms with Crippen LogP contribution in [0.3, 0.4) is 0 Å². The highest BCUT2D eigenvalue weighted by Gasteiger charge is 2.27. The van der Waals surface area contributed by atoms with E-state index in [1.807, 2.05) is 18.7 Å². The van der Waals surface area contributed by atoms with Crippen LogP contribution in [0.25, 0.3) is 0 Å². The second kappa shape index (κ2) is 7.95. The number of benzene rings is 1. The van der Waals surface area contributed by atoms with Gasteiger partial charge < -0.3 is 15.3 Å². The first kappa shape index (κ1) is 18.0. The third kappa shape index (κ3) is 4.57. The number of carboxylic acid groups (broad SMARTS) is 1. The lowest BCUT2D eigenvalue weighted by Crippen LogP contribution is -2.44. The molecule has 6 nitrogen and oxygen atoms in total. The van der Waals surface area contributed by atoms with Gasteiger partial charge in [0.25, 0.3) is 0 Å². The van der Waals surface area contributed by atoms with E-state index < -0.39 is 5.97 Å². The van der Waals surface area contributed by atoms with Crippen LogP contribution in [0.4, 0.5) is 0 Å². The summed E-state index contributed by atoms with van der Waals surface area (Å²) < 4.78 is 0. The van der Waals surface area contributed by atoms with Gasteiger partial charge in [-0.1, -0.05) is 26.0 Å². The standard InChI is InChI=1S/C18H24N2O4/c1-12(2)17(22)20-9-7-14(8-10-20)16(21)19-11-13-3-5-15(6-4-13)18(23)24/h3-6,12,14H,7-11H2,1-2H3,(H,19,21)(H,23,24). The molecule has 0 saturated carbocycles. The molecule has 2 amide bonds. The smallest absolute Gasteiger partial charge is 0.335 e. The molecule has 1 aliphatic heterocycles. The molecule has 0 spiro atoms. The van der Waals surface area contributed by atoms with Crippen molar-refractivity contribution in [1.82, 2.24) is 10.2 Å². The molecule has 1 aliphatic rings. The van der Waals surface area contributed by atoms with Crippen LogP contribution in [0.2, 0.25) is 0 Å². The molecule has 0 radical (unpaired) electrons. The Bertz CT molecular complexity index is 602. The number of carboxylic acids is 1. The van der Waals surface area contributed by atoms with Gasteiger partial charge in [0.1, 0.15) is 0 Å². The summed E-state index contributed by atoms with van der Waals surface area (Å²) in [5, 5.41) is 11.8. The fourth-order valence-electron chi connectivity index (χ4n) is 2.83. The third-order valence-corrected chi connectivity index (χ3v) is 4.34. The fraction of sp³-hybridized carbons (Fsp3) is 0.500. The van der Waals surface area contributed by atoms with Crippen molar-refractivity contribution in [3.05, 3.63) is 35.4 Å². The largest absolute Gasteiger partial charge is 0.478 e. The van der Waals surface area contributed by atoms with Crippen LogP contribution in [0, 0.1) is 11.8 Å². The van der Waals surface area contributed by atoms with Gasteiger partial charge in [-0.15, -0.1) is 0 Å². The van der Waals surface area contributed by atoms with Crippen molar-refractivity contribution in [2.75, 3.05) is 13.1 Å². The van der Waals surface area contributed by atoms with Crippen molar-refractivity contribution in [1.29, 1.82) is 0 Å². The number of amides is 2. The fourth-order valence-corrected chi connectivity index (χ4v) is 2.83. The maximum absolute atomic E-state index is 12.2. The predicted molar refractivity (Wildman–Crippen MR) is 89.4 cm³/mol. The first-order valence-electron chi connectivity index (χ1n) is 8.27. The number of aromatic carboxylic acids is 1. The molecule has 24 heavy (non-hydrogen) atoms. The van der Waals surface area contributed by atoms with E-state index in [1.54, 1.807) is 12.1 Å². The Kier molecular flexibility index (Phi) is 5.95. The van der Waals surface area contributed by atoms with Crippen LogP contribution in [0.1, 0.15) is 42.6 Å². The maximum atomic E-state index is 12.2. The number of nitrogens with zero attached hydrogens (tertiary/aromatic N) is 1. The number of likely N-dealkylation sites (tertiary alicyclic amines) is 1. The van der Waals surface area contributed by atoms with Gasteiger partial charge in [0.15, 0.2) is 0 Å². The Balaban J connectivity index is 1.79. The van der Waals surface area contributed by atoms with Gasteiger partial charge in [0.05, 0.1) is 5.56 Å². The van der Waals surface area contributed by atoms with E-state index in [1.165, 1.54) is 12.1 Å². The number of carbonyl (C=O) groups is 3. The van der Waals surface area contributed by atoms with E-state index in [4.69, 9.17) is 5.11 Å².